The summed E-state index contributed by atoms with van der Waals surface area (Å²) in [5, 5.41) is 12.7. The summed E-state index contributed by atoms with van der Waals surface area (Å²) >= 11 is 3.34. The van der Waals surface area contributed by atoms with Gasteiger partial charge in [-0.05, 0) is 37.3 Å². The number of aromatic nitrogens is 1. The molecular weight excluding hydrogens is 380 g/mol. The quantitative estimate of drug-likeness (QED) is 0.548. The summed E-state index contributed by atoms with van der Waals surface area (Å²) in [6.07, 6.45) is 1.33. The lowest BCUT2D eigenvalue weighted by atomic mass is 10.2. The molecule has 0 atom stereocenters. The number of fused-ring (bicyclic) bond motifs is 1. The predicted molar refractivity (Wildman–Crippen MR) is 92.6 cm³/mol. The molecular formula is C16H13BrN2O3S. The minimum absolute atomic E-state index is 0.143. The molecule has 0 amide bonds. The van der Waals surface area contributed by atoms with E-state index in [0.29, 0.717) is 14.6 Å². The number of anilines is 1. The fourth-order valence-corrected chi connectivity index (χ4v) is 3.82. The molecule has 0 saturated heterocycles. The van der Waals surface area contributed by atoms with Gasteiger partial charge in [0.15, 0.2) is 6.20 Å². The number of aryl methyl sites for hydroxylation is 1. The summed E-state index contributed by atoms with van der Waals surface area (Å²) in [6, 6.07) is 13.2. The molecule has 1 heterocycles. The average Bonchev–Trinajstić information content (AvgIpc) is 2.46. The van der Waals surface area contributed by atoms with Crippen LogP contribution in [0.4, 0.5) is 5.69 Å². The number of nitrogens with one attached hydrogen (secondary N) is 1. The summed E-state index contributed by atoms with van der Waals surface area (Å²) in [7, 11) is -3.78. The molecule has 3 rings (SSSR count). The van der Waals surface area contributed by atoms with Gasteiger partial charge in [0, 0.05) is 10.5 Å². The molecule has 2 aromatic carbocycles. The van der Waals surface area contributed by atoms with E-state index >= 15 is 0 Å². The van der Waals surface area contributed by atoms with E-state index in [9.17, 15) is 13.6 Å². The number of nitrogens with zero attached hydrogens (tertiary/aromatic N) is 1. The Labute approximate surface area is 142 Å². The van der Waals surface area contributed by atoms with Gasteiger partial charge in [0.05, 0.1) is 10.3 Å². The van der Waals surface area contributed by atoms with Gasteiger partial charge in [0.2, 0.25) is 5.52 Å². The van der Waals surface area contributed by atoms with Crippen LogP contribution < -0.4 is 9.45 Å². The first-order chi connectivity index (χ1) is 10.9. The predicted octanol–water partition coefficient (Wildman–Crippen LogP) is 3.34. The van der Waals surface area contributed by atoms with Gasteiger partial charge in [-0.2, -0.15) is 4.73 Å². The number of hydrogen-bond acceptors (Lipinski definition) is 3. The third-order valence-electron chi connectivity index (χ3n) is 3.40. The first-order valence-electron chi connectivity index (χ1n) is 6.78. The molecule has 0 radical (unpaired) electrons. The fraction of sp³-hybridized carbons (Fsp3) is 0.0625. The fourth-order valence-electron chi connectivity index (χ4n) is 2.29. The van der Waals surface area contributed by atoms with Crippen LogP contribution in [0.3, 0.4) is 0 Å². The molecule has 0 unspecified atom stereocenters. The molecule has 7 heteroatoms. The molecule has 23 heavy (non-hydrogen) atoms. The molecule has 0 bridgehead atoms. The van der Waals surface area contributed by atoms with Gasteiger partial charge in [-0.25, -0.2) is 8.42 Å². The highest BCUT2D eigenvalue weighted by Crippen LogP contribution is 2.27. The van der Waals surface area contributed by atoms with Crippen LogP contribution >= 0.6 is 15.9 Å². The largest absolute Gasteiger partial charge is 0.618 e. The standard InChI is InChI=1S/C16H13BrN2O3S/c1-11-4-6-14(7-5-11)23(21,22)18-15-10-13(17)9-12-3-2-8-19(20)16(12)15/h2-10,18H,1H3. The Bertz CT molecular complexity index is 986. The summed E-state index contributed by atoms with van der Waals surface area (Å²) in [6.45, 7) is 1.88. The molecule has 3 aromatic rings. The van der Waals surface area contributed by atoms with E-state index in [1.54, 1.807) is 36.4 Å². The van der Waals surface area contributed by atoms with Gasteiger partial charge < -0.3 is 5.21 Å². The van der Waals surface area contributed by atoms with Gasteiger partial charge in [-0.1, -0.05) is 33.6 Å². The van der Waals surface area contributed by atoms with Gasteiger partial charge in [0.1, 0.15) is 5.69 Å². The number of hydrogen-bond donors (Lipinski definition) is 1. The average molecular weight is 393 g/mol. The van der Waals surface area contributed by atoms with Crippen LogP contribution in [0.2, 0.25) is 0 Å². The SMILES string of the molecule is Cc1ccc(S(=O)(=O)Nc2cc(Br)cc3ccc[n+]([O-])c23)cc1. The van der Waals surface area contributed by atoms with Crippen molar-refractivity contribution in [3.63, 3.8) is 0 Å². The van der Waals surface area contributed by atoms with Crippen molar-refractivity contribution in [1.29, 1.82) is 0 Å². The summed E-state index contributed by atoms with van der Waals surface area (Å²) in [5.74, 6) is 0. The molecule has 0 aliphatic rings. The van der Waals surface area contributed by atoms with Crippen molar-refractivity contribution in [3.8, 4) is 0 Å². The molecule has 1 aromatic heterocycles. The number of halogens is 1. The minimum Gasteiger partial charge on any atom is -0.618 e. The van der Waals surface area contributed by atoms with E-state index < -0.39 is 10.0 Å². The van der Waals surface area contributed by atoms with E-state index in [-0.39, 0.29) is 16.1 Å². The second kappa shape index (κ2) is 5.82. The zero-order valence-electron chi connectivity index (χ0n) is 12.2. The third kappa shape index (κ3) is 3.16. The van der Waals surface area contributed by atoms with Crippen LogP contribution in [0.1, 0.15) is 5.56 Å². The zero-order valence-corrected chi connectivity index (χ0v) is 14.6. The molecule has 118 valence electrons. The highest BCUT2D eigenvalue weighted by Gasteiger charge is 2.19. The summed E-state index contributed by atoms with van der Waals surface area (Å²) in [5.41, 5.74) is 1.46. The number of sulfonamides is 1. The Morgan fingerprint density at radius 1 is 1.13 bits per heavy atom. The van der Waals surface area contributed by atoms with E-state index in [2.05, 4.69) is 20.7 Å². The van der Waals surface area contributed by atoms with Crippen LogP contribution in [0.15, 0.2) is 64.1 Å². The molecule has 5 nitrogen and oxygen atoms in total. The topological polar surface area (TPSA) is 73.1 Å². The summed E-state index contributed by atoms with van der Waals surface area (Å²) < 4.78 is 28.9. The maximum Gasteiger partial charge on any atom is 0.262 e. The molecule has 1 N–H and O–H groups in total. The van der Waals surface area contributed by atoms with E-state index in [1.807, 2.05) is 6.92 Å². The Kier molecular flexibility index (Phi) is 3.99. The van der Waals surface area contributed by atoms with E-state index in [1.165, 1.54) is 18.3 Å². The lowest BCUT2D eigenvalue weighted by Crippen LogP contribution is -2.27. The normalized spacial score (nSPS) is 11.6. The van der Waals surface area contributed by atoms with Gasteiger partial charge in [-0.3, -0.25) is 4.72 Å². The monoisotopic (exact) mass is 392 g/mol. The Balaban J connectivity index is 2.12. The lowest BCUT2D eigenvalue weighted by molar-refractivity contribution is -0.576. The van der Waals surface area contributed by atoms with Gasteiger partial charge >= 0.3 is 0 Å². The number of pyridine rings is 1. The van der Waals surface area contributed by atoms with Gasteiger partial charge in [-0.15, -0.1) is 0 Å². The smallest absolute Gasteiger partial charge is 0.262 e. The Morgan fingerprint density at radius 3 is 2.52 bits per heavy atom. The minimum atomic E-state index is -3.78. The highest BCUT2D eigenvalue weighted by atomic mass is 79.9. The zero-order chi connectivity index (χ0) is 16.6. The van der Waals surface area contributed by atoms with Crippen molar-refractivity contribution in [2.75, 3.05) is 4.72 Å². The number of rotatable bonds is 3. The first kappa shape index (κ1) is 15.8. The molecule has 0 fully saturated rings. The van der Waals surface area contributed by atoms with Crippen molar-refractivity contribution >= 4 is 42.5 Å². The second-order valence-electron chi connectivity index (χ2n) is 5.14. The maximum atomic E-state index is 12.5. The lowest BCUT2D eigenvalue weighted by Gasteiger charge is -2.11. The van der Waals surface area contributed by atoms with E-state index in [0.717, 1.165) is 5.56 Å². The van der Waals surface area contributed by atoms with Crippen molar-refractivity contribution < 1.29 is 13.1 Å². The van der Waals surface area contributed by atoms with E-state index in [4.69, 9.17) is 0 Å². The van der Waals surface area contributed by atoms with Crippen LogP contribution in [-0.4, -0.2) is 8.42 Å². The molecule has 0 aliphatic heterocycles. The van der Waals surface area contributed by atoms with Crippen molar-refractivity contribution in [1.82, 2.24) is 0 Å². The molecule has 0 aliphatic carbocycles. The Hall–Kier alpha value is -2.12. The number of benzene rings is 2. The molecule has 0 saturated carbocycles. The molecule has 0 spiro atoms. The third-order valence-corrected chi connectivity index (χ3v) is 5.24. The van der Waals surface area contributed by atoms with Gasteiger partial charge in [0.25, 0.3) is 10.0 Å². The Morgan fingerprint density at radius 2 is 1.83 bits per heavy atom. The summed E-state index contributed by atoms with van der Waals surface area (Å²) in [4.78, 5) is 0.143. The van der Waals surface area contributed by atoms with Crippen molar-refractivity contribution in [2.24, 2.45) is 0 Å². The van der Waals surface area contributed by atoms with Crippen LogP contribution in [0, 0.1) is 12.1 Å². The second-order valence-corrected chi connectivity index (χ2v) is 7.74. The van der Waals surface area contributed by atoms with Crippen molar-refractivity contribution in [3.05, 3.63) is 70.0 Å². The first-order valence-corrected chi connectivity index (χ1v) is 9.05. The van der Waals surface area contributed by atoms with Crippen LogP contribution in [0.5, 0.6) is 0 Å². The van der Waals surface area contributed by atoms with Crippen LogP contribution in [-0.2, 0) is 10.0 Å². The highest BCUT2D eigenvalue weighted by molar-refractivity contribution is 9.10. The maximum absolute atomic E-state index is 12.5. The van der Waals surface area contributed by atoms with Crippen molar-refractivity contribution in [2.45, 2.75) is 11.8 Å². The van der Waals surface area contributed by atoms with Crippen LogP contribution in [0.25, 0.3) is 10.9 Å².